The minimum atomic E-state index is -0.664. The number of esters is 1. The molecule has 0 saturated heterocycles. The Balaban J connectivity index is 1.84. The molecule has 2 aromatic carbocycles. The van der Waals surface area contributed by atoms with Gasteiger partial charge in [0.15, 0.2) is 0 Å². The van der Waals surface area contributed by atoms with Crippen LogP contribution in [0.25, 0.3) is 0 Å². The van der Waals surface area contributed by atoms with Gasteiger partial charge in [-0.05, 0) is 0 Å². The Morgan fingerprint density at radius 3 is 2.44 bits per heavy atom. The maximum absolute atomic E-state index is 12.2. The summed E-state index contributed by atoms with van der Waals surface area (Å²) in [6.45, 7) is 0. The summed E-state index contributed by atoms with van der Waals surface area (Å²) in [6.07, 6.45) is 0.798. The van der Waals surface area contributed by atoms with E-state index >= 15 is 0 Å². The normalized spacial score (nSPS) is 11.6. The second kappa shape index (κ2) is 10.2. The van der Waals surface area contributed by atoms with Crippen molar-refractivity contribution in [3.05, 3.63) is 65.2 Å². The van der Waals surface area contributed by atoms with E-state index in [4.69, 9.17) is 16.3 Å². The number of methoxy groups -OCH3 is 1. The molecule has 0 aliphatic carbocycles. The van der Waals surface area contributed by atoms with Crippen molar-refractivity contribution in [3.8, 4) is 0 Å². The zero-order valence-corrected chi connectivity index (χ0v) is 16.4. The summed E-state index contributed by atoms with van der Waals surface area (Å²) in [4.78, 5) is 24.1. The standard InChI is InChI=1S/C19H20ClNO3Se/c1-24-19(23)17(13-14-5-3-2-4-6-14)21-18(22)11-12-25-16-9-7-15(20)8-10-16/h2-10,17H,11-13H2,1H3,(H,21,22)/t17-/m0/s1. The van der Waals surface area contributed by atoms with Crippen molar-refractivity contribution in [3.63, 3.8) is 0 Å². The van der Waals surface area contributed by atoms with Gasteiger partial charge in [-0.3, -0.25) is 0 Å². The van der Waals surface area contributed by atoms with Gasteiger partial charge in [0.25, 0.3) is 0 Å². The first-order valence-electron chi connectivity index (χ1n) is 7.88. The summed E-state index contributed by atoms with van der Waals surface area (Å²) < 4.78 is 6.00. The van der Waals surface area contributed by atoms with E-state index in [1.165, 1.54) is 11.6 Å². The van der Waals surface area contributed by atoms with Gasteiger partial charge in [0.2, 0.25) is 0 Å². The number of carbonyl (C=O) groups excluding carboxylic acids is 2. The number of hydrogen-bond acceptors (Lipinski definition) is 3. The number of benzene rings is 2. The molecule has 1 atom stereocenters. The van der Waals surface area contributed by atoms with Gasteiger partial charge < -0.3 is 0 Å². The van der Waals surface area contributed by atoms with Crippen LogP contribution in [0.4, 0.5) is 0 Å². The molecular weight excluding hydrogens is 405 g/mol. The number of carbonyl (C=O) groups is 2. The topological polar surface area (TPSA) is 55.4 Å². The average molecular weight is 425 g/mol. The second-order valence-corrected chi connectivity index (χ2v) is 8.27. The Kier molecular flexibility index (Phi) is 7.99. The van der Waals surface area contributed by atoms with Crippen LogP contribution in [0.1, 0.15) is 12.0 Å². The third-order valence-electron chi connectivity index (χ3n) is 3.52. The molecule has 0 bridgehead atoms. The van der Waals surface area contributed by atoms with Crippen LogP contribution in [0.2, 0.25) is 10.3 Å². The van der Waals surface area contributed by atoms with Crippen LogP contribution in [0.3, 0.4) is 0 Å². The van der Waals surface area contributed by atoms with Crippen molar-refractivity contribution >= 4 is 42.9 Å². The predicted octanol–water partition coefficient (Wildman–Crippen LogP) is 2.38. The third-order valence-corrected chi connectivity index (χ3v) is 5.89. The molecule has 4 nitrogen and oxygen atoms in total. The van der Waals surface area contributed by atoms with E-state index < -0.39 is 12.0 Å². The van der Waals surface area contributed by atoms with Crippen molar-refractivity contribution in [1.82, 2.24) is 5.32 Å². The van der Waals surface area contributed by atoms with E-state index in [0.29, 0.717) is 17.9 Å². The Hall–Kier alpha value is -1.81. The van der Waals surface area contributed by atoms with Crippen molar-refractivity contribution in [2.24, 2.45) is 0 Å². The van der Waals surface area contributed by atoms with Crippen molar-refractivity contribution in [2.75, 3.05) is 7.11 Å². The number of rotatable bonds is 8. The first kappa shape index (κ1) is 19.5. The van der Waals surface area contributed by atoms with E-state index in [0.717, 1.165) is 10.9 Å². The van der Waals surface area contributed by atoms with E-state index in [-0.39, 0.29) is 20.9 Å². The molecule has 6 heteroatoms. The minimum absolute atomic E-state index is 0.137. The summed E-state index contributed by atoms with van der Waals surface area (Å²) in [6, 6.07) is 16.6. The van der Waals surface area contributed by atoms with Crippen LogP contribution < -0.4 is 9.78 Å². The fourth-order valence-corrected chi connectivity index (χ4v) is 4.16. The van der Waals surface area contributed by atoms with Gasteiger partial charge in [-0.2, -0.15) is 0 Å². The van der Waals surface area contributed by atoms with Crippen LogP contribution in [-0.2, 0) is 20.7 Å². The molecule has 0 spiro atoms. The monoisotopic (exact) mass is 425 g/mol. The van der Waals surface area contributed by atoms with Crippen LogP contribution in [0, 0.1) is 0 Å². The van der Waals surface area contributed by atoms with Crippen LogP contribution in [-0.4, -0.2) is 40.0 Å². The molecule has 0 aromatic heterocycles. The molecule has 132 valence electrons. The fraction of sp³-hybridized carbons (Fsp3) is 0.263. The third kappa shape index (κ3) is 6.91. The zero-order chi connectivity index (χ0) is 18.1. The average Bonchev–Trinajstić information content (AvgIpc) is 2.63. The van der Waals surface area contributed by atoms with Crippen molar-refractivity contribution < 1.29 is 14.3 Å². The van der Waals surface area contributed by atoms with E-state index in [1.807, 2.05) is 54.6 Å². The van der Waals surface area contributed by atoms with Gasteiger partial charge in [0.05, 0.1) is 0 Å². The van der Waals surface area contributed by atoms with Gasteiger partial charge in [-0.15, -0.1) is 0 Å². The van der Waals surface area contributed by atoms with Crippen LogP contribution in [0.5, 0.6) is 0 Å². The van der Waals surface area contributed by atoms with Gasteiger partial charge in [0.1, 0.15) is 0 Å². The molecule has 0 heterocycles. The molecule has 2 aromatic rings. The zero-order valence-electron chi connectivity index (χ0n) is 13.9. The molecule has 1 N–H and O–H groups in total. The van der Waals surface area contributed by atoms with E-state index in [9.17, 15) is 9.59 Å². The number of hydrogen-bond donors (Lipinski definition) is 1. The van der Waals surface area contributed by atoms with Crippen molar-refractivity contribution in [2.45, 2.75) is 24.2 Å². The molecule has 0 saturated carbocycles. The number of amides is 1. The molecule has 0 fully saturated rings. The Morgan fingerprint density at radius 2 is 1.80 bits per heavy atom. The molecule has 0 aliphatic heterocycles. The Labute approximate surface area is 159 Å². The predicted molar refractivity (Wildman–Crippen MR) is 100 cm³/mol. The molecule has 0 radical (unpaired) electrons. The molecule has 1 amide bonds. The number of halogens is 1. The molecule has 0 aliphatic rings. The number of ether oxygens (including phenoxy) is 1. The molecule has 25 heavy (non-hydrogen) atoms. The van der Waals surface area contributed by atoms with E-state index in [2.05, 4.69) is 5.32 Å². The summed E-state index contributed by atoms with van der Waals surface area (Å²) in [5, 5.41) is 4.26. The summed E-state index contributed by atoms with van der Waals surface area (Å²) in [7, 11) is 1.33. The van der Waals surface area contributed by atoms with Gasteiger partial charge in [-0.1, -0.05) is 0 Å². The van der Waals surface area contributed by atoms with Crippen LogP contribution >= 0.6 is 11.6 Å². The van der Waals surface area contributed by atoms with Gasteiger partial charge in [-0.25, -0.2) is 0 Å². The molecule has 2 rings (SSSR count). The summed E-state index contributed by atoms with van der Waals surface area (Å²) >= 11 is 6.06. The Morgan fingerprint density at radius 1 is 1.12 bits per heavy atom. The van der Waals surface area contributed by atoms with Gasteiger partial charge >= 0.3 is 159 Å². The first-order chi connectivity index (χ1) is 12.1. The van der Waals surface area contributed by atoms with E-state index in [1.54, 1.807) is 0 Å². The summed E-state index contributed by atoms with van der Waals surface area (Å²) in [5.41, 5.74) is 0.976. The number of nitrogens with one attached hydrogen (secondary N) is 1. The maximum atomic E-state index is 12.2. The quantitative estimate of drug-likeness (QED) is 0.523. The molecule has 0 unspecified atom stereocenters. The fourth-order valence-electron chi connectivity index (χ4n) is 2.24. The summed E-state index contributed by atoms with van der Waals surface area (Å²) in [5.74, 6) is -0.567. The second-order valence-electron chi connectivity index (χ2n) is 5.39. The molecular formula is C19H20ClNO3Se. The Bertz CT molecular complexity index is 692. The first-order valence-corrected chi connectivity index (χ1v) is 10.3. The van der Waals surface area contributed by atoms with Crippen LogP contribution in [0.15, 0.2) is 54.6 Å². The SMILES string of the molecule is COC(=O)[C@H](Cc1ccccc1)NC(=O)CC[Se]c1ccc(Cl)cc1. The van der Waals surface area contributed by atoms with Crippen molar-refractivity contribution in [1.29, 1.82) is 0 Å². The van der Waals surface area contributed by atoms with Gasteiger partial charge in [0, 0.05) is 0 Å².